The molecule has 2 aliphatic rings. The highest BCUT2D eigenvalue weighted by molar-refractivity contribution is 5.75. The van der Waals surface area contributed by atoms with Crippen LogP contribution in [0.3, 0.4) is 0 Å². The summed E-state index contributed by atoms with van der Waals surface area (Å²) < 4.78 is 0. The SMILES string of the molecule is NC1CC2CCC(C1)N2C(=O)NCc1ccccc1. The predicted octanol–water partition coefficient (Wildman–Crippen LogP) is 1.85. The first-order chi connectivity index (χ1) is 9.24. The van der Waals surface area contributed by atoms with Gasteiger partial charge in [-0.25, -0.2) is 4.79 Å². The van der Waals surface area contributed by atoms with Crippen molar-refractivity contribution >= 4 is 6.03 Å². The molecular formula is C15H21N3O. The highest BCUT2D eigenvalue weighted by atomic mass is 16.2. The number of benzene rings is 1. The summed E-state index contributed by atoms with van der Waals surface area (Å²) in [5, 5.41) is 3.03. The van der Waals surface area contributed by atoms with Gasteiger partial charge in [-0.15, -0.1) is 0 Å². The third-order valence-electron chi connectivity index (χ3n) is 4.29. The normalized spacial score (nSPS) is 29.3. The highest BCUT2D eigenvalue weighted by Crippen LogP contribution is 2.34. The Morgan fingerprint density at radius 1 is 1.21 bits per heavy atom. The molecule has 2 unspecified atom stereocenters. The molecule has 19 heavy (non-hydrogen) atoms. The monoisotopic (exact) mass is 259 g/mol. The minimum atomic E-state index is 0.0725. The van der Waals surface area contributed by atoms with Crippen LogP contribution in [0.25, 0.3) is 0 Å². The number of hydrogen-bond acceptors (Lipinski definition) is 2. The molecule has 0 aliphatic carbocycles. The minimum absolute atomic E-state index is 0.0725. The number of carbonyl (C=O) groups excluding carboxylic acids is 1. The molecule has 4 nitrogen and oxygen atoms in total. The molecule has 2 amide bonds. The number of nitrogens with zero attached hydrogens (tertiary/aromatic N) is 1. The van der Waals surface area contributed by atoms with Crippen LogP contribution in [-0.4, -0.2) is 29.1 Å². The third-order valence-corrected chi connectivity index (χ3v) is 4.29. The topological polar surface area (TPSA) is 58.4 Å². The summed E-state index contributed by atoms with van der Waals surface area (Å²) >= 11 is 0. The molecule has 2 saturated heterocycles. The van der Waals surface area contributed by atoms with Crippen molar-refractivity contribution in [1.82, 2.24) is 10.2 Å². The van der Waals surface area contributed by atoms with Crippen molar-refractivity contribution in [2.24, 2.45) is 5.73 Å². The van der Waals surface area contributed by atoms with Gasteiger partial charge in [-0.3, -0.25) is 0 Å². The lowest BCUT2D eigenvalue weighted by atomic mass is 9.99. The van der Waals surface area contributed by atoms with Gasteiger partial charge in [-0.2, -0.15) is 0 Å². The fourth-order valence-electron chi connectivity index (χ4n) is 3.42. The van der Waals surface area contributed by atoms with Crippen LogP contribution < -0.4 is 11.1 Å². The number of nitrogens with one attached hydrogen (secondary N) is 1. The van der Waals surface area contributed by atoms with Gasteiger partial charge in [0, 0.05) is 24.7 Å². The molecule has 2 heterocycles. The van der Waals surface area contributed by atoms with Gasteiger partial charge in [0.1, 0.15) is 0 Å². The van der Waals surface area contributed by atoms with Crippen molar-refractivity contribution in [2.75, 3.05) is 0 Å². The Morgan fingerprint density at radius 2 is 1.84 bits per heavy atom. The first-order valence-corrected chi connectivity index (χ1v) is 7.09. The molecule has 1 aromatic rings. The first-order valence-electron chi connectivity index (χ1n) is 7.09. The van der Waals surface area contributed by atoms with E-state index in [1.54, 1.807) is 0 Å². The third kappa shape index (κ3) is 2.59. The van der Waals surface area contributed by atoms with E-state index >= 15 is 0 Å². The van der Waals surface area contributed by atoms with Gasteiger partial charge in [0.15, 0.2) is 0 Å². The first kappa shape index (κ1) is 12.5. The summed E-state index contributed by atoms with van der Waals surface area (Å²) in [6.45, 7) is 0.599. The summed E-state index contributed by atoms with van der Waals surface area (Å²) in [6, 6.07) is 11.1. The number of urea groups is 1. The molecule has 1 aromatic carbocycles. The van der Waals surface area contributed by atoms with Crippen LogP contribution in [0, 0.1) is 0 Å². The molecule has 3 N–H and O–H groups in total. The second-order valence-corrected chi connectivity index (χ2v) is 5.67. The van der Waals surface area contributed by atoms with Crippen molar-refractivity contribution in [2.45, 2.75) is 50.4 Å². The average Bonchev–Trinajstić information content (AvgIpc) is 2.70. The molecule has 2 fully saturated rings. The lowest BCUT2D eigenvalue weighted by Crippen LogP contribution is -2.53. The fourth-order valence-corrected chi connectivity index (χ4v) is 3.42. The molecule has 0 radical (unpaired) electrons. The highest BCUT2D eigenvalue weighted by Gasteiger charge is 2.42. The molecule has 4 heteroatoms. The van der Waals surface area contributed by atoms with E-state index in [1.165, 1.54) is 0 Å². The zero-order valence-corrected chi connectivity index (χ0v) is 11.1. The Labute approximate surface area is 114 Å². The summed E-state index contributed by atoms with van der Waals surface area (Å²) in [7, 11) is 0. The van der Waals surface area contributed by atoms with Crippen LogP contribution in [-0.2, 0) is 6.54 Å². The summed E-state index contributed by atoms with van der Waals surface area (Å²) in [6.07, 6.45) is 4.12. The maximum Gasteiger partial charge on any atom is 0.318 e. The number of fused-ring (bicyclic) bond motifs is 2. The fraction of sp³-hybridized carbons (Fsp3) is 0.533. The molecular weight excluding hydrogens is 238 g/mol. The minimum Gasteiger partial charge on any atom is -0.334 e. The summed E-state index contributed by atoms with van der Waals surface area (Å²) in [5.41, 5.74) is 7.16. The van der Waals surface area contributed by atoms with Crippen molar-refractivity contribution in [3.8, 4) is 0 Å². The second-order valence-electron chi connectivity index (χ2n) is 5.67. The molecule has 3 rings (SSSR count). The number of nitrogens with two attached hydrogens (primary N) is 1. The van der Waals surface area contributed by atoms with Crippen molar-refractivity contribution in [3.63, 3.8) is 0 Å². The van der Waals surface area contributed by atoms with Gasteiger partial charge >= 0.3 is 6.03 Å². The van der Waals surface area contributed by atoms with Crippen molar-refractivity contribution < 1.29 is 4.79 Å². The lowest BCUT2D eigenvalue weighted by Gasteiger charge is -2.37. The molecule has 0 aromatic heterocycles. The second kappa shape index (κ2) is 5.21. The van der Waals surface area contributed by atoms with Crippen LogP contribution in [0.1, 0.15) is 31.2 Å². The quantitative estimate of drug-likeness (QED) is 0.851. The van der Waals surface area contributed by atoms with E-state index in [9.17, 15) is 4.79 Å². The maximum absolute atomic E-state index is 12.3. The van der Waals surface area contributed by atoms with E-state index in [2.05, 4.69) is 5.32 Å². The van der Waals surface area contributed by atoms with E-state index in [0.717, 1.165) is 31.2 Å². The van der Waals surface area contributed by atoms with Gasteiger partial charge in [-0.05, 0) is 31.2 Å². The van der Waals surface area contributed by atoms with Crippen LogP contribution in [0.2, 0.25) is 0 Å². The van der Waals surface area contributed by atoms with Crippen LogP contribution in [0.15, 0.2) is 30.3 Å². The van der Waals surface area contributed by atoms with Gasteiger partial charge in [-0.1, -0.05) is 30.3 Å². The van der Waals surface area contributed by atoms with E-state index in [-0.39, 0.29) is 12.1 Å². The van der Waals surface area contributed by atoms with E-state index in [1.807, 2.05) is 35.2 Å². The standard InChI is InChI=1S/C15H21N3O/c16-12-8-13-6-7-14(9-12)18(13)15(19)17-10-11-4-2-1-3-5-11/h1-5,12-14H,6-10,16H2,(H,17,19). The van der Waals surface area contributed by atoms with Crippen LogP contribution in [0.5, 0.6) is 0 Å². The zero-order chi connectivity index (χ0) is 13.2. The summed E-state index contributed by atoms with van der Waals surface area (Å²) in [4.78, 5) is 14.3. The Hall–Kier alpha value is -1.55. The Morgan fingerprint density at radius 3 is 2.47 bits per heavy atom. The predicted molar refractivity (Wildman–Crippen MR) is 74.5 cm³/mol. The molecule has 102 valence electrons. The number of carbonyl (C=O) groups is 1. The van der Waals surface area contributed by atoms with Crippen molar-refractivity contribution in [3.05, 3.63) is 35.9 Å². The Kier molecular flexibility index (Phi) is 3.42. The number of rotatable bonds is 2. The molecule has 0 saturated carbocycles. The van der Waals surface area contributed by atoms with Crippen molar-refractivity contribution in [1.29, 1.82) is 0 Å². The molecule has 2 aliphatic heterocycles. The molecule has 0 spiro atoms. The van der Waals surface area contributed by atoms with Gasteiger partial charge in [0.05, 0.1) is 0 Å². The van der Waals surface area contributed by atoms with E-state index in [0.29, 0.717) is 18.6 Å². The summed E-state index contributed by atoms with van der Waals surface area (Å²) in [5.74, 6) is 0. The Balaban J connectivity index is 1.59. The molecule has 2 atom stereocenters. The maximum atomic E-state index is 12.3. The number of amides is 2. The lowest BCUT2D eigenvalue weighted by molar-refractivity contribution is 0.139. The number of hydrogen-bond donors (Lipinski definition) is 2. The van der Waals surface area contributed by atoms with Gasteiger partial charge in [0.25, 0.3) is 0 Å². The van der Waals surface area contributed by atoms with E-state index < -0.39 is 0 Å². The van der Waals surface area contributed by atoms with E-state index in [4.69, 9.17) is 5.73 Å². The van der Waals surface area contributed by atoms with Crippen LogP contribution in [0.4, 0.5) is 4.79 Å². The average molecular weight is 259 g/mol. The zero-order valence-electron chi connectivity index (χ0n) is 11.1. The van der Waals surface area contributed by atoms with Crippen LogP contribution >= 0.6 is 0 Å². The smallest absolute Gasteiger partial charge is 0.318 e. The van der Waals surface area contributed by atoms with Gasteiger partial charge in [0.2, 0.25) is 0 Å². The van der Waals surface area contributed by atoms with Gasteiger partial charge < -0.3 is 16.0 Å². The Bertz CT molecular complexity index is 434. The largest absolute Gasteiger partial charge is 0.334 e. The molecule has 2 bridgehead atoms. The number of piperidine rings is 1.